The third-order valence-corrected chi connectivity index (χ3v) is 3.30. The summed E-state index contributed by atoms with van der Waals surface area (Å²) in [5, 5.41) is 0. The molecule has 0 saturated heterocycles. The number of fused-ring (bicyclic) bond motifs is 1. The third-order valence-electron chi connectivity index (χ3n) is 2.24. The predicted octanol–water partition coefficient (Wildman–Crippen LogP) is 2.91. The molecular formula is C10H11IO. The van der Waals surface area contributed by atoms with Gasteiger partial charge in [-0.2, -0.15) is 0 Å². The highest BCUT2D eigenvalue weighted by Gasteiger charge is 2.22. The number of alkyl halides is 1. The maximum Gasteiger partial charge on any atom is 0.123 e. The molecule has 0 spiro atoms. The van der Waals surface area contributed by atoms with E-state index in [1.165, 1.54) is 11.1 Å². The Kier molecular flexibility index (Phi) is 2.26. The van der Waals surface area contributed by atoms with Gasteiger partial charge in [-0.05, 0) is 18.6 Å². The van der Waals surface area contributed by atoms with Gasteiger partial charge in [-0.3, -0.25) is 0 Å². The van der Waals surface area contributed by atoms with Gasteiger partial charge >= 0.3 is 0 Å². The van der Waals surface area contributed by atoms with Crippen LogP contribution in [0.25, 0.3) is 0 Å². The van der Waals surface area contributed by atoms with Crippen LogP contribution in [-0.2, 0) is 0 Å². The van der Waals surface area contributed by atoms with Crippen LogP contribution in [0.3, 0.4) is 0 Å². The first kappa shape index (κ1) is 8.35. The van der Waals surface area contributed by atoms with E-state index in [-0.39, 0.29) is 0 Å². The minimum Gasteiger partial charge on any atom is -0.493 e. The lowest BCUT2D eigenvalue weighted by molar-refractivity contribution is 0.339. The first-order valence-corrected chi connectivity index (χ1v) is 5.63. The van der Waals surface area contributed by atoms with Crippen LogP contribution in [-0.4, -0.2) is 11.0 Å². The highest BCUT2D eigenvalue weighted by atomic mass is 127. The van der Waals surface area contributed by atoms with Crippen molar-refractivity contribution in [3.8, 4) is 5.75 Å². The van der Waals surface area contributed by atoms with E-state index in [1.807, 2.05) is 0 Å². The number of hydrogen-bond acceptors (Lipinski definition) is 1. The molecule has 0 amide bonds. The van der Waals surface area contributed by atoms with E-state index in [0.29, 0.717) is 5.92 Å². The van der Waals surface area contributed by atoms with Crippen LogP contribution in [0.4, 0.5) is 0 Å². The second-order valence-electron chi connectivity index (χ2n) is 3.20. The first-order valence-electron chi connectivity index (χ1n) is 4.10. The van der Waals surface area contributed by atoms with Crippen molar-refractivity contribution in [3.63, 3.8) is 0 Å². The fraction of sp³-hybridized carbons (Fsp3) is 0.400. The van der Waals surface area contributed by atoms with Crippen molar-refractivity contribution in [2.75, 3.05) is 11.0 Å². The smallest absolute Gasteiger partial charge is 0.123 e. The van der Waals surface area contributed by atoms with Crippen LogP contribution in [0.15, 0.2) is 18.2 Å². The molecule has 2 heteroatoms. The minimum absolute atomic E-state index is 0.612. The second kappa shape index (κ2) is 3.24. The molecule has 12 heavy (non-hydrogen) atoms. The highest BCUT2D eigenvalue weighted by molar-refractivity contribution is 14.1. The molecule has 1 unspecified atom stereocenters. The molecular weight excluding hydrogens is 263 g/mol. The summed E-state index contributed by atoms with van der Waals surface area (Å²) in [5.41, 5.74) is 2.66. The van der Waals surface area contributed by atoms with Crippen LogP contribution in [0, 0.1) is 6.92 Å². The molecule has 2 rings (SSSR count). The topological polar surface area (TPSA) is 9.23 Å². The molecule has 0 bridgehead atoms. The average Bonchev–Trinajstić information content (AvgIpc) is 2.46. The van der Waals surface area contributed by atoms with Crippen molar-refractivity contribution in [3.05, 3.63) is 29.3 Å². The summed E-state index contributed by atoms with van der Waals surface area (Å²) in [6, 6.07) is 6.48. The van der Waals surface area contributed by atoms with Gasteiger partial charge in [0.1, 0.15) is 5.75 Å². The Labute approximate surface area is 86.3 Å². The van der Waals surface area contributed by atoms with E-state index in [4.69, 9.17) is 4.74 Å². The van der Waals surface area contributed by atoms with Crippen molar-refractivity contribution in [2.45, 2.75) is 12.8 Å². The lowest BCUT2D eigenvalue weighted by Gasteiger charge is -2.02. The van der Waals surface area contributed by atoms with Crippen molar-refractivity contribution >= 4 is 22.6 Å². The zero-order chi connectivity index (χ0) is 8.55. The Hall–Kier alpha value is -0.250. The van der Waals surface area contributed by atoms with Crippen LogP contribution in [0.5, 0.6) is 5.75 Å². The van der Waals surface area contributed by atoms with Crippen molar-refractivity contribution < 1.29 is 4.74 Å². The average molecular weight is 274 g/mol. The molecule has 64 valence electrons. The largest absolute Gasteiger partial charge is 0.493 e. The van der Waals surface area contributed by atoms with Crippen molar-refractivity contribution in [1.82, 2.24) is 0 Å². The normalized spacial score (nSPS) is 20.3. The molecule has 1 aliphatic rings. The van der Waals surface area contributed by atoms with Crippen molar-refractivity contribution in [1.29, 1.82) is 0 Å². The number of ether oxygens (including phenoxy) is 1. The van der Waals surface area contributed by atoms with E-state index in [2.05, 4.69) is 47.7 Å². The molecule has 0 radical (unpaired) electrons. The number of halogens is 1. The molecule has 0 saturated carbocycles. The summed E-state index contributed by atoms with van der Waals surface area (Å²) in [6.07, 6.45) is 0. The first-order chi connectivity index (χ1) is 5.81. The Morgan fingerprint density at radius 1 is 1.58 bits per heavy atom. The molecule has 0 aliphatic carbocycles. The van der Waals surface area contributed by atoms with Crippen LogP contribution in [0.2, 0.25) is 0 Å². The van der Waals surface area contributed by atoms with E-state index in [1.54, 1.807) is 0 Å². The summed E-state index contributed by atoms with van der Waals surface area (Å²) >= 11 is 2.42. The standard InChI is InChI=1S/C10H11IO/c1-7-2-3-9-8(5-11)6-12-10(9)4-7/h2-4,8H,5-6H2,1H3. The van der Waals surface area contributed by atoms with E-state index in [0.717, 1.165) is 16.8 Å². The molecule has 0 N–H and O–H groups in total. The third kappa shape index (κ3) is 1.32. The monoisotopic (exact) mass is 274 g/mol. The Morgan fingerprint density at radius 2 is 2.42 bits per heavy atom. The van der Waals surface area contributed by atoms with Gasteiger partial charge in [0.25, 0.3) is 0 Å². The Balaban J connectivity index is 2.40. The molecule has 1 aromatic carbocycles. The van der Waals surface area contributed by atoms with Crippen molar-refractivity contribution in [2.24, 2.45) is 0 Å². The van der Waals surface area contributed by atoms with Gasteiger partial charge in [-0.1, -0.05) is 34.7 Å². The van der Waals surface area contributed by atoms with E-state index in [9.17, 15) is 0 Å². The van der Waals surface area contributed by atoms with Gasteiger partial charge in [0.2, 0.25) is 0 Å². The molecule has 1 atom stereocenters. The SMILES string of the molecule is Cc1ccc2c(c1)OCC2CI. The summed E-state index contributed by atoms with van der Waals surface area (Å²) in [6.45, 7) is 2.96. The number of rotatable bonds is 1. The van der Waals surface area contributed by atoms with Crippen LogP contribution < -0.4 is 4.74 Å². The van der Waals surface area contributed by atoms with Gasteiger partial charge in [-0.15, -0.1) is 0 Å². The van der Waals surface area contributed by atoms with E-state index < -0.39 is 0 Å². The number of benzene rings is 1. The van der Waals surface area contributed by atoms with Crippen LogP contribution in [0.1, 0.15) is 17.0 Å². The minimum atomic E-state index is 0.612. The van der Waals surface area contributed by atoms with Gasteiger partial charge in [0, 0.05) is 15.9 Å². The lowest BCUT2D eigenvalue weighted by Crippen LogP contribution is -2.00. The zero-order valence-corrected chi connectivity index (χ0v) is 9.17. The van der Waals surface area contributed by atoms with Gasteiger partial charge in [0.05, 0.1) is 6.61 Å². The second-order valence-corrected chi connectivity index (χ2v) is 4.08. The highest BCUT2D eigenvalue weighted by Crippen LogP contribution is 2.35. The summed E-state index contributed by atoms with van der Waals surface area (Å²) in [7, 11) is 0. The lowest BCUT2D eigenvalue weighted by atomic mass is 10.0. The molecule has 0 fully saturated rings. The zero-order valence-electron chi connectivity index (χ0n) is 7.01. The number of hydrogen-bond donors (Lipinski definition) is 0. The fourth-order valence-corrected chi connectivity index (χ4v) is 2.24. The molecule has 1 nitrogen and oxygen atoms in total. The summed E-state index contributed by atoms with van der Waals surface area (Å²) in [5.74, 6) is 1.71. The van der Waals surface area contributed by atoms with E-state index >= 15 is 0 Å². The maximum absolute atomic E-state index is 5.58. The Bertz CT molecular complexity index is 296. The van der Waals surface area contributed by atoms with Gasteiger partial charge in [0.15, 0.2) is 0 Å². The summed E-state index contributed by atoms with van der Waals surface area (Å²) < 4.78 is 6.72. The fourth-order valence-electron chi connectivity index (χ4n) is 1.51. The molecule has 1 aromatic rings. The van der Waals surface area contributed by atoms with Gasteiger partial charge < -0.3 is 4.74 Å². The molecule has 1 heterocycles. The maximum atomic E-state index is 5.58. The summed E-state index contributed by atoms with van der Waals surface area (Å²) in [4.78, 5) is 0. The van der Waals surface area contributed by atoms with Crippen LogP contribution >= 0.6 is 22.6 Å². The predicted molar refractivity (Wildman–Crippen MR) is 58.3 cm³/mol. The quantitative estimate of drug-likeness (QED) is 0.565. The Morgan fingerprint density at radius 3 is 3.17 bits per heavy atom. The van der Waals surface area contributed by atoms with Gasteiger partial charge in [-0.25, -0.2) is 0 Å². The number of aryl methyl sites for hydroxylation is 1. The molecule has 0 aromatic heterocycles. The molecule has 1 aliphatic heterocycles.